The topological polar surface area (TPSA) is 49.8 Å². The standard InChI is InChI=1S/C9H6N2O/c10-3-1-7-6-12-9-5-11-4-2-8(7)9/h2,4-6H,1H2. The number of rotatable bonds is 1. The van der Waals surface area contributed by atoms with Crippen LogP contribution >= 0.6 is 0 Å². The molecule has 0 aliphatic rings. The Morgan fingerprint density at radius 1 is 1.58 bits per heavy atom. The molecule has 2 rings (SSSR count). The first-order chi connectivity index (χ1) is 5.92. The van der Waals surface area contributed by atoms with Crippen LogP contribution in [0.4, 0.5) is 0 Å². The van der Waals surface area contributed by atoms with Crippen molar-refractivity contribution in [1.82, 2.24) is 4.98 Å². The average Bonchev–Trinajstić information content (AvgIpc) is 2.50. The highest BCUT2D eigenvalue weighted by Gasteiger charge is 2.03. The van der Waals surface area contributed by atoms with E-state index in [1.165, 1.54) is 0 Å². The maximum atomic E-state index is 8.49. The molecule has 0 radical (unpaired) electrons. The van der Waals surface area contributed by atoms with Crippen molar-refractivity contribution in [3.8, 4) is 6.07 Å². The van der Waals surface area contributed by atoms with Gasteiger partial charge < -0.3 is 4.42 Å². The summed E-state index contributed by atoms with van der Waals surface area (Å²) in [5, 5.41) is 9.47. The SMILES string of the molecule is N#CCc1coc2cnccc12. The van der Waals surface area contributed by atoms with Crippen molar-refractivity contribution in [2.75, 3.05) is 0 Å². The minimum atomic E-state index is 0.386. The Morgan fingerprint density at radius 2 is 2.50 bits per heavy atom. The summed E-state index contributed by atoms with van der Waals surface area (Å²) in [7, 11) is 0. The Kier molecular flexibility index (Phi) is 1.52. The van der Waals surface area contributed by atoms with Gasteiger partial charge in [0, 0.05) is 17.1 Å². The van der Waals surface area contributed by atoms with Gasteiger partial charge in [0.2, 0.25) is 0 Å². The zero-order chi connectivity index (χ0) is 8.39. The van der Waals surface area contributed by atoms with E-state index in [1.54, 1.807) is 18.7 Å². The average molecular weight is 158 g/mol. The number of aromatic nitrogens is 1. The lowest BCUT2D eigenvalue weighted by molar-refractivity contribution is 0.610. The van der Waals surface area contributed by atoms with E-state index in [4.69, 9.17) is 9.68 Å². The predicted octanol–water partition coefficient (Wildman–Crippen LogP) is 1.89. The molecule has 0 fully saturated rings. The van der Waals surface area contributed by atoms with Gasteiger partial charge in [0.05, 0.1) is 25.0 Å². The Morgan fingerprint density at radius 3 is 3.33 bits per heavy atom. The number of pyridine rings is 1. The summed E-state index contributed by atoms with van der Waals surface area (Å²) in [6, 6.07) is 3.93. The normalized spacial score (nSPS) is 9.92. The molecule has 0 aliphatic carbocycles. The molecule has 0 aromatic carbocycles. The van der Waals surface area contributed by atoms with Gasteiger partial charge in [-0.1, -0.05) is 0 Å². The number of fused-ring (bicyclic) bond motifs is 1. The van der Waals surface area contributed by atoms with Gasteiger partial charge in [0.15, 0.2) is 5.58 Å². The molecule has 0 bridgehead atoms. The van der Waals surface area contributed by atoms with E-state index < -0.39 is 0 Å². The molecule has 0 aliphatic heterocycles. The number of nitrogens with zero attached hydrogens (tertiary/aromatic N) is 2. The van der Waals surface area contributed by atoms with E-state index in [9.17, 15) is 0 Å². The van der Waals surface area contributed by atoms with Crippen LogP contribution in [0.25, 0.3) is 11.0 Å². The Balaban J connectivity index is 2.64. The zero-order valence-electron chi connectivity index (χ0n) is 6.32. The maximum Gasteiger partial charge on any atom is 0.152 e. The van der Waals surface area contributed by atoms with Gasteiger partial charge in [-0.15, -0.1) is 0 Å². The molecule has 0 saturated carbocycles. The van der Waals surface area contributed by atoms with E-state index >= 15 is 0 Å². The minimum Gasteiger partial charge on any atom is -0.462 e. The molecular formula is C9H6N2O. The van der Waals surface area contributed by atoms with E-state index in [0.717, 1.165) is 16.5 Å². The Hall–Kier alpha value is -1.82. The van der Waals surface area contributed by atoms with Crippen LogP contribution in [0.15, 0.2) is 29.1 Å². The third-order valence-electron chi connectivity index (χ3n) is 1.73. The third-order valence-corrected chi connectivity index (χ3v) is 1.73. The van der Waals surface area contributed by atoms with Crippen LogP contribution in [-0.4, -0.2) is 4.98 Å². The van der Waals surface area contributed by atoms with Crippen LogP contribution < -0.4 is 0 Å². The van der Waals surface area contributed by atoms with Crippen molar-refractivity contribution < 1.29 is 4.42 Å². The van der Waals surface area contributed by atoms with E-state index in [2.05, 4.69) is 11.1 Å². The van der Waals surface area contributed by atoms with Crippen LogP contribution in [-0.2, 0) is 6.42 Å². The second-order valence-corrected chi connectivity index (χ2v) is 2.47. The van der Waals surface area contributed by atoms with Gasteiger partial charge in [-0.05, 0) is 6.07 Å². The molecule has 3 nitrogen and oxygen atoms in total. The van der Waals surface area contributed by atoms with Crippen molar-refractivity contribution in [3.05, 3.63) is 30.3 Å². The molecule has 0 amide bonds. The number of hydrogen-bond donors (Lipinski definition) is 0. The van der Waals surface area contributed by atoms with Crippen LogP contribution in [0.3, 0.4) is 0 Å². The van der Waals surface area contributed by atoms with Crippen molar-refractivity contribution in [3.63, 3.8) is 0 Å². The smallest absolute Gasteiger partial charge is 0.152 e. The summed E-state index contributed by atoms with van der Waals surface area (Å²) in [6.07, 6.45) is 5.33. The fourth-order valence-electron chi connectivity index (χ4n) is 1.16. The molecule has 12 heavy (non-hydrogen) atoms. The fourth-order valence-corrected chi connectivity index (χ4v) is 1.16. The second kappa shape index (κ2) is 2.67. The molecule has 2 heterocycles. The van der Waals surface area contributed by atoms with Crippen LogP contribution in [0.5, 0.6) is 0 Å². The highest BCUT2D eigenvalue weighted by Crippen LogP contribution is 2.19. The molecule has 2 aromatic rings. The molecule has 0 saturated heterocycles. The fraction of sp³-hybridized carbons (Fsp3) is 0.111. The Bertz CT molecular complexity index is 439. The van der Waals surface area contributed by atoms with E-state index in [1.807, 2.05) is 6.07 Å². The first-order valence-corrected chi connectivity index (χ1v) is 3.59. The quantitative estimate of drug-likeness (QED) is 0.636. The summed E-state index contributed by atoms with van der Waals surface area (Å²) >= 11 is 0. The summed E-state index contributed by atoms with van der Waals surface area (Å²) < 4.78 is 5.19. The monoisotopic (exact) mass is 158 g/mol. The molecule has 58 valence electrons. The van der Waals surface area contributed by atoms with Crippen LogP contribution in [0.2, 0.25) is 0 Å². The van der Waals surface area contributed by atoms with Crippen molar-refractivity contribution in [2.45, 2.75) is 6.42 Å². The minimum absolute atomic E-state index is 0.386. The van der Waals surface area contributed by atoms with Crippen molar-refractivity contribution >= 4 is 11.0 Å². The maximum absolute atomic E-state index is 8.49. The molecule has 0 spiro atoms. The summed E-state index contributed by atoms with van der Waals surface area (Å²) in [5.74, 6) is 0. The van der Waals surface area contributed by atoms with Gasteiger partial charge >= 0.3 is 0 Å². The lowest BCUT2D eigenvalue weighted by atomic mass is 10.2. The molecule has 2 aromatic heterocycles. The first-order valence-electron chi connectivity index (χ1n) is 3.59. The predicted molar refractivity (Wildman–Crippen MR) is 43.3 cm³/mol. The highest BCUT2D eigenvalue weighted by atomic mass is 16.3. The second-order valence-electron chi connectivity index (χ2n) is 2.47. The van der Waals surface area contributed by atoms with Crippen molar-refractivity contribution in [1.29, 1.82) is 5.26 Å². The Labute approximate surface area is 69.2 Å². The van der Waals surface area contributed by atoms with E-state index in [0.29, 0.717) is 6.42 Å². The summed E-state index contributed by atoms with van der Waals surface area (Å²) in [4.78, 5) is 3.91. The molecule has 3 heteroatoms. The third kappa shape index (κ3) is 0.940. The zero-order valence-corrected chi connectivity index (χ0v) is 6.32. The molecular weight excluding hydrogens is 152 g/mol. The summed E-state index contributed by atoms with van der Waals surface area (Å²) in [5.41, 5.74) is 1.66. The van der Waals surface area contributed by atoms with Gasteiger partial charge in [0.1, 0.15) is 0 Å². The van der Waals surface area contributed by atoms with Crippen LogP contribution in [0, 0.1) is 11.3 Å². The van der Waals surface area contributed by atoms with Crippen molar-refractivity contribution in [2.24, 2.45) is 0 Å². The van der Waals surface area contributed by atoms with Gasteiger partial charge in [0.25, 0.3) is 0 Å². The van der Waals surface area contributed by atoms with Gasteiger partial charge in [-0.2, -0.15) is 5.26 Å². The van der Waals surface area contributed by atoms with Crippen LogP contribution in [0.1, 0.15) is 5.56 Å². The molecule has 0 N–H and O–H groups in total. The number of hydrogen-bond acceptors (Lipinski definition) is 3. The van der Waals surface area contributed by atoms with Gasteiger partial charge in [-0.25, -0.2) is 0 Å². The lowest BCUT2D eigenvalue weighted by Gasteiger charge is -1.86. The van der Waals surface area contributed by atoms with E-state index in [-0.39, 0.29) is 0 Å². The lowest BCUT2D eigenvalue weighted by Crippen LogP contribution is -1.77. The number of furan rings is 1. The summed E-state index contributed by atoms with van der Waals surface area (Å²) in [6.45, 7) is 0. The number of nitriles is 1. The molecule has 0 unspecified atom stereocenters. The largest absolute Gasteiger partial charge is 0.462 e. The van der Waals surface area contributed by atoms with Gasteiger partial charge in [-0.3, -0.25) is 4.98 Å². The highest BCUT2D eigenvalue weighted by molar-refractivity contribution is 5.80. The first kappa shape index (κ1) is 6.86. The molecule has 0 atom stereocenters.